The van der Waals surface area contributed by atoms with Crippen LogP contribution in [0.25, 0.3) is 0 Å². The number of allylic oxidation sites excluding steroid dienone is 2. The Bertz CT molecular complexity index is 1570. The Labute approximate surface area is 282 Å². The predicted octanol–water partition coefficient (Wildman–Crippen LogP) is 6.08. The molecule has 0 aliphatic carbocycles. The van der Waals surface area contributed by atoms with Crippen molar-refractivity contribution in [1.29, 1.82) is 0 Å². The van der Waals surface area contributed by atoms with Crippen molar-refractivity contribution in [2.24, 2.45) is 0 Å². The summed E-state index contributed by atoms with van der Waals surface area (Å²) < 4.78 is 11.2. The molecule has 0 saturated heterocycles. The Morgan fingerprint density at radius 1 is 0.915 bits per heavy atom. The molecule has 1 aliphatic heterocycles. The van der Waals surface area contributed by atoms with Crippen LogP contribution in [0.1, 0.15) is 62.6 Å². The number of hydrogen-bond acceptors (Lipinski definition) is 8. The van der Waals surface area contributed by atoms with Gasteiger partial charge in [-0.25, -0.2) is 9.59 Å². The Kier molecular flexibility index (Phi) is 13.9. The van der Waals surface area contributed by atoms with E-state index in [1.807, 2.05) is 33.0 Å². The Hall–Kier alpha value is -4.51. The van der Waals surface area contributed by atoms with Crippen molar-refractivity contribution in [3.8, 4) is 0 Å². The van der Waals surface area contributed by atoms with E-state index in [1.54, 1.807) is 19.9 Å². The van der Waals surface area contributed by atoms with Crippen LogP contribution in [0.2, 0.25) is 0 Å². The lowest BCUT2D eigenvalue weighted by Gasteiger charge is -2.34. The SMILES string of the molecule is COC(=O)C1=C(C)NC(C)=C(C(=O)OC(C)(C)CN(C)CCC(c2ccccc2)c2ccccc2)C1c1cccc([N+](=O)[O-])c1.Cl.O. The number of nitro groups is 1. The molecule has 4 rings (SSSR count). The van der Waals surface area contributed by atoms with Gasteiger partial charge in [0.1, 0.15) is 5.60 Å². The van der Waals surface area contributed by atoms with Gasteiger partial charge in [-0.3, -0.25) is 10.1 Å². The van der Waals surface area contributed by atoms with Crippen molar-refractivity contribution in [1.82, 2.24) is 10.2 Å². The number of ether oxygens (including phenoxy) is 2. The molecule has 47 heavy (non-hydrogen) atoms. The third-order valence-corrected chi connectivity index (χ3v) is 8.02. The summed E-state index contributed by atoms with van der Waals surface area (Å²) in [5.74, 6) is -1.96. The molecule has 1 atom stereocenters. The molecule has 0 spiro atoms. The normalized spacial score (nSPS) is 14.6. The Morgan fingerprint density at radius 3 is 1.96 bits per heavy atom. The number of likely N-dealkylation sites (N-methyl/N-ethyl adjacent to an activating group) is 1. The van der Waals surface area contributed by atoms with Gasteiger partial charge in [-0.2, -0.15) is 0 Å². The zero-order valence-corrected chi connectivity index (χ0v) is 28.4. The number of dihydropyridines is 1. The fourth-order valence-corrected chi connectivity index (χ4v) is 6.11. The second-order valence-corrected chi connectivity index (χ2v) is 12.0. The van der Waals surface area contributed by atoms with Crippen LogP contribution in [0.5, 0.6) is 0 Å². The zero-order chi connectivity index (χ0) is 32.7. The van der Waals surface area contributed by atoms with Crippen molar-refractivity contribution >= 4 is 30.0 Å². The van der Waals surface area contributed by atoms with Gasteiger partial charge in [-0.1, -0.05) is 72.8 Å². The quantitative estimate of drug-likeness (QED) is 0.139. The van der Waals surface area contributed by atoms with Crippen LogP contribution in [0, 0.1) is 10.1 Å². The van der Waals surface area contributed by atoms with Crippen LogP contribution in [-0.2, 0) is 19.1 Å². The first kappa shape index (κ1) is 38.7. The number of nitro benzene ring substituents is 1. The van der Waals surface area contributed by atoms with Crippen molar-refractivity contribution in [3.63, 3.8) is 0 Å². The Morgan fingerprint density at radius 2 is 1.45 bits per heavy atom. The summed E-state index contributed by atoms with van der Waals surface area (Å²) in [7, 11) is 3.26. The van der Waals surface area contributed by atoms with Crippen molar-refractivity contribution in [2.75, 3.05) is 27.2 Å². The minimum Gasteiger partial charge on any atom is -0.466 e. The molecule has 0 radical (unpaired) electrons. The molecule has 0 fully saturated rings. The Balaban J connectivity index is 0.00000384. The van der Waals surface area contributed by atoms with Gasteiger partial charge in [0.2, 0.25) is 0 Å². The van der Waals surface area contributed by atoms with Crippen LogP contribution in [0.15, 0.2) is 107 Å². The standard InChI is InChI=1S/C36H41N3O6.ClH.H2O/c1-24-31(34(40)44-6)33(28-18-13-19-29(22-28)39(42)43)32(25(2)37-24)35(41)45-36(3,4)23-38(5)21-20-30(26-14-9-7-10-15-26)27-16-11-8-12-17-27;;/h7-19,22,30,33,37H,20-21,23H2,1-6H3;1H;1H2. The maximum atomic E-state index is 14.0. The second-order valence-electron chi connectivity index (χ2n) is 12.0. The molecule has 3 aromatic rings. The third-order valence-electron chi connectivity index (χ3n) is 8.02. The summed E-state index contributed by atoms with van der Waals surface area (Å²) in [6, 6.07) is 26.8. The number of rotatable bonds is 12. The number of hydrogen-bond donors (Lipinski definition) is 1. The van der Waals surface area contributed by atoms with E-state index in [0.29, 0.717) is 23.5 Å². The van der Waals surface area contributed by atoms with Gasteiger partial charge in [-0.05, 0) is 64.4 Å². The molecule has 3 aromatic carbocycles. The maximum absolute atomic E-state index is 14.0. The number of benzene rings is 3. The molecule has 10 nitrogen and oxygen atoms in total. The van der Waals surface area contributed by atoms with Crippen LogP contribution >= 0.6 is 12.4 Å². The average Bonchev–Trinajstić information content (AvgIpc) is 3.01. The second kappa shape index (κ2) is 16.9. The molecule has 0 bridgehead atoms. The largest absolute Gasteiger partial charge is 0.466 e. The molecular weight excluding hydrogens is 622 g/mol. The van der Waals surface area contributed by atoms with Crippen LogP contribution in [0.3, 0.4) is 0 Å². The molecule has 3 N–H and O–H groups in total. The lowest BCUT2D eigenvalue weighted by atomic mass is 9.80. The number of carbonyl (C=O) groups is 2. The first-order valence-corrected chi connectivity index (χ1v) is 14.9. The first-order chi connectivity index (χ1) is 21.4. The molecule has 1 aliphatic rings. The van der Waals surface area contributed by atoms with E-state index in [4.69, 9.17) is 9.47 Å². The van der Waals surface area contributed by atoms with Gasteiger partial charge < -0.3 is 25.2 Å². The molecule has 0 amide bonds. The van der Waals surface area contributed by atoms with Crippen LogP contribution in [0.4, 0.5) is 5.69 Å². The first-order valence-electron chi connectivity index (χ1n) is 14.9. The van der Waals surface area contributed by atoms with E-state index in [0.717, 1.165) is 13.0 Å². The molecule has 252 valence electrons. The minimum absolute atomic E-state index is 0. The number of halogens is 1. The summed E-state index contributed by atoms with van der Waals surface area (Å²) in [6.45, 7) is 8.34. The summed E-state index contributed by atoms with van der Waals surface area (Å²) in [4.78, 5) is 40.2. The molecule has 1 unspecified atom stereocenters. The summed E-state index contributed by atoms with van der Waals surface area (Å²) >= 11 is 0. The highest BCUT2D eigenvalue weighted by molar-refractivity contribution is 6.00. The number of esters is 2. The number of nitrogens with zero attached hydrogens (tertiary/aromatic N) is 2. The number of non-ortho nitro benzene ring substituents is 1. The van der Waals surface area contributed by atoms with Crippen LogP contribution in [-0.4, -0.2) is 60.1 Å². The molecule has 0 aromatic heterocycles. The van der Waals surface area contributed by atoms with Gasteiger partial charge in [0.15, 0.2) is 0 Å². The minimum atomic E-state index is -0.919. The van der Waals surface area contributed by atoms with E-state index in [1.165, 1.54) is 36.4 Å². The van der Waals surface area contributed by atoms with E-state index in [-0.39, 0.29) is 40.6 Å². The van der Waals surface area contributed by atoms with Gasteiger partial charge in [0.25, 0.3) is 5.69 Å². The molecule has 11 heteroatoms. The van der Waals surface area contributed by atoms with Gasteiger partial charge in [0, 0.05) is 36.0 Å². The van der Waals surface area contributed by atoms with Crippen molar-refractivity contribution < 1.29 is 29.5 Å². The van der Waals surface area contributed by atoms with Crippen molar-refractivity contribution in [3.05, 3.63) is 134 Å². The fraction of sp³-hybridized carbons (Fsp3) is 0.333. The van der Waals surface area contributed by atoms with Gasteiger partial charge in [-0.15, -0.1) is 12.4 Å². The molecule has 0 saturated carbocycles. The van der Waals surface area contributed by atoms with Crippen LogP contribution < -0.4 is 5.32 Å². The van der Waals surface area contributed by atoms with Gasteiger partial charge >= 0.3 is 11.9 Å². The number of methoxy groups -OCH3 is 1. The highest BCUT2D eigenvalue weighted by Crippen LogP contribution is 2.40. The fourth-order valence-electron chi connectivity index (χ4n) is 6.11. The van der Waals surface area contributed by atoms with E-state index >= 15 is 0 Å². The lowest BCUT2D eigenvalue weighted by Crippen LogP contribution is -2.42. The van der Waals surface area contributed by atoms with Crippen molar-refractivity contribution in [2.45, 2.75) is 51.6 Å². The summed E-state index contributed by atoms with van der Waals surface area (Å²) in [6.07, 6.45) is 0.865. The smallest absolute Gasteiger partial charge is 0.337 e. The summed E-state index contributed by atoms with van der Waals surface area (Å²) in [5.41, 5.74) is 3.24. The third kappa shape index (κ3) is 9.51. The topological polar surface area (TPSA) is 143 Å². The lowest BCUT2D eigenvalue weighted by molar-refractivity contribution is -0.384. The molecular formula is C36H44ClN3O7. The number of nitrogens with one attached hydrogen (secondary N) is 1. The average molecular weight is 666 g/mol. The highest BCUT2D eigenvalue weighted by Gasteiger charge is 2.40. The maximum Gasteiger partial charge on any atom is 0.337 e. The van der Waals surface area contributed by atoms with E-state index in [9.17, 15) is 19.7 Å². The van der Waals surface area contributed by atoms with E-state index < -0.39 is 28.4 Å². The predicted molar refractivity (Wildman–Crippen MR) is 184 cm³/mol. The summed E-state index contributed by atoms with van der Waals surface area (Å²) in [5, 5.41) is 14.7. The molecule has 1 heterocycles. The van der Waals surface area contributed by atoms with E-state index in [2.05, 4.69) is 58.7 Å². The monoisotopic (exact) mass is 665 g/mol. The highest BCUT2D eigenvalue weighted by atomic mass is 35.5. The number of carbonyl (C=O) groups excluding carboxylic acids is 2. The zero-order valence-electron chi connectivity index (χ0n) is 27.6. The van der Waals surface area contributed by atoms with Gasteiger partial charge in [0.05, 0.1) is 29.1 Å².